The Balaban J connectivity index is 1.80. The molecule has 0 aliphatic rings. The van der Waals surface area contributed by atoms with Gasteiger partial charge in [0.1, 0.15) is 0 Å². The van der Waals surface area contributed by atoms with E-state index in [4.69, 9.17) is 0 Å². The largest absolute Gasteiger partial charge is 0.502 e. The maximum Gasteiger partial charge on any atom is 0.311 e. The summed E-state index contributed by atoms with van der Waals surface area (Å²) in [6.07, 6.45) is 1.53. The summed E-state index contributed by atoms with van der Waals surface area (Å²) in [5.74, 6) is -0.357. The van der Waals surface area contributed by atoms with E-state index in [1.165, 1.54) is 18.3 Å². The van der Waals surface area contributed by atoms with E-state index in [1.54, 1.807) is 6.07 Å². The zero-order valence-corrected chi connectivity index (χ0v) is 12.7. The Morgan fingerprint density at radius 3 is 2.25 bits per heavy atom. The first-order valence-corrected chi connectivity index (χ1v) is 7.30. The van der Waals surface area contributed by atoms with Crippen LogP contribution < -0.4 is 0 Å². The highest BCUT2D eigenvalue weighted by Crippen LogP contribution is 2.26. The van der Waals surface area contributed by atoms with Crippen molar-refractivity contribution in [1.82, 2.24) is 0 Å². The van der Waals surface area contributed by atoms with Gasteiger partial charge in [0.15, 0.2) is 5.75 Å². The molecule has 1 N–H and O–H groups in total. The van der Waals surface area contributed by atoms with Gasteiger partial charge in [0.2, 0.25) is 0 Å². The maximum absolute atomic E-state index is 10.8. The predicted octanol–water partition coefficient (Wildman–Crippen LogP) is 4.72. The number of hydrogen-bond acceptors (Lipinski definition) is 4. The molecule has 0 saturated carbocycles. The number of aromatic hydroxyl groups is 1. The highest BCUT2D eigenvalue weighted by Gasteiger charge is 2.12. The highest BCUT2D eigenvalue weighted by molar-refractivity contribution is 5.83. The molecule has 0 fully saturated rings. The van der Waals surface area contributed by atoms with Crippen LogP contribution >= 0.6 is 0 Å². The molecule has 0 amide bonds. The van der Waals surface area contributed by atoms with Crippen molar-refractivity contribution in [2.75, 3.05) is 0 Å². The van der Waals surface area contributed by atoms with Crippen molar-refractivity contribution in [2.24, 2.45) is 4.99 Å². The lowest BCUT2D eigenvalue weighted by Gasteiger charge is -2.01. The van der Waals surface area contributed by atoms with Crippen molar-refractivity contribution >= 4 is 17.6 Å². The van der Waals surface area contributed by atoms with Crippen LogP contribution in [0.5, 0.6) is 5.75 Å². The summed E-state index contributed by atoms with van der Waals surface area (Å²) in [7, 11) is 0. The minimum Gasteiger partial charge on any atom is -0.502 e. The average molecular weight is 318 g/mol. The number of hydrogen-bond donors (Lipinski definition) is 1. The molecule has 0 saturated heterocycles. The van der Waals surface area contributed by atoms with Crippen LogP contribution in [0, 0.1) is 10.1 Å². The van der Waals surface area contributed by atoms with Gasteiger partial charge in [-0.15, -0.1) is 0 Å². The van der Waals surface area contributed by atoms with Gasteiger partial charge in [-0.05, 0) is 41.0 Å². The molecule has 0 radical (unpaired) electrons. The number of benzene rings is 3. The molecule has 0 unspecified atom stereocenters. The second kappa shape index (κ2) is 6.75. The van der Waals surface area contributed by atoms with Crippen LogP contribution in [0.2, 0.25) is 0 Å². The summed E-state index contributed by atoms with van der Waals surface area (Å²) in [6.45, 7) is 0. The van der Waals surface area contributed by atoms with Gasteiger partial charge < -0.3 is 5.11 Å². The molecular formula is C19H14N2O3. The summed E-state index contributed by atoms with van der Waals surface area (Å²) in [6, 6.07) is 21.9. The number of phenolic OH excluding ortho intramolecular Hbond substituents is 1. The van der Waals surface area contributed by atoms with Gasteiger partial charge in [0.05, 0.1) is 10.6 Å². The molecule has 5 nitrogen and oxygen atoms in total. The lowest BCUT2D eigenvalue weighted by molar-refractivity contribution is -0.385. The Hall–Kier alpha value is -3.47. The highest BCUT2D eigenvalue weighted by atomic mass is 16.6. The molecule has 0 aromatic heterocycles. The minimum atomic E-state index is -0.624. The zero-order valence-electron chi connectivity index (χ0n) is 12.7. The second-order valence-electron chi connectivity index (χ2n) is 5.18. The van der Waals surface area contributed by atoms with E-state index >= 15 is 0 Å². The molecule has 118 valence electrons. The number of nitrogens with zero attached hydrogens (tertiary/aromatic N) is 2. The van der Waals surface area contributed by atoms with E-state index in [0.29, 0.717) is 5.56 Å². The summed E-state index contributed by atoms with van der Waals surface area (Å²) in [5, 5.41) is 20.3. The van der Waals surface area contributed by atoms with Crippen LogP contribution in [-0.4, -0.2) is 16.2 Å². The predicted molar refractivity (Wildman–Crippen MR) is 93.9 cm³/mol. The number of nitro benzene ring substituents is 1. The van der Waals surface area contributed by atoms with E-state index < -0.39 is 4.92 Å². The van der Waals surface area contributed by atoms with Crippen molar-refractivity contribution < 1.29 is 10.0 Å². The van der Waals surface area contributed by atoms with Crippen molar-refractivity contribution in [3.63, 3.8) is 0 Å². The first-order valence-electron chi connectivity index (χ1n) is 7.30. The fourth-order valence-electron chi connectivity index (χ4n) is 2.29. The average Bonchev–Trinajstić information content (AvgIpc) is 2.62. The summed E-state index contributed by atoms with van der Waals surface area (Å²) in [4.78, 5) is 14.5. The van der Waals surface area contributed by atoms with Crippen LogP contribution in [0.25, 0.3) is 11.1 Å². The minimum absolute atomic E-state index is 0.335. The maximum atomic E-state index is 10.8. The van der Waals surface area contributed by atoms with Gasteiger partial charge in [-0.1, -0.05) is 42.5 Å². The Morgan fingerprint density at radius 2 is 1.58 bits per heavy atom. The van der Waals surface area contributed by atoms with E-state index in [2.05, 4.69) is 4.99 Å². The van der Waals surface area contributed by atoms with E-state index in [-0.39, 0.29) is 11.4 Å². The lowest BCUT2D eigenvalue weighted by atomic mass is 10.1. The third-order valence-electron chi connectivity index (χ3n) is 3.53. The van der Waals surface area contributed by atoms with Crippen LogP contribution in [0.4, 0.5) is 11.4 Å². The first-order chi connectivity index (χ1) is 11.6. The zero-order chi connectivity index (χ0) is 16.9. The second-order valence-corrected chi connectivity index (χ2v) is 5.18. The molecule has 0 aliphatic carbocycles. The van der Waals surface area contributed by atoms with Crippen LogP contribution in [0.3, 0.4) is 0 Å². The molecule has 0 heterocycles. The van der Waals surface area contributed by atoms with Gasteiger partial charge in [0.25, 0.3) is 0 Å². The van der Waals surface area contributed by atoms with Gasteiger partial charge in [-0.3, -0.25) is 15.1 Å². The fourth-order valence-corrected chi connectivity index (χ4v) is 2.29. The van der Waals surface area contributed by atoms with Crippen LogP contribution in [-0.2, 0) is 0 Å². The lowest BCUT2D eigenvalue weighted by Crippen LogP contribution is -1.90. The standard InChI is InChI=1S/C19H14N2O3/c22-19-11-6-14(12-18(19)21(23)24)13-20-17-9-7-16(8-10-17)15-4-2-1-3-5-15/h1-13,22H. The third-order valence-corrected chi connectivity index (χ3v) is 3.53. The molecule has 0 aliphatic heterocycles. The van der Waals surface area contributed by atoms with Gasteiger partial charge in [0, 0.05) is 12.3 Å². The monoisotopic (exact) mass is 318 g/mol. The van der Waals surface area contributed by atoms with Crippen LogP contribution in [0.1, 0.15) is 5.56 Å². The number of nitro groups is 1. The Kier molecular flexibility index (Phi) is 4.34. The number of phenols is 1. The Morgan fingerprint density at radius 1 is 0.917 bits per heavy atom. The molecule has 0 spiro atoms. The Labute approximate surface area is 138 Å². The van der Waals surface area contributed by atoms with Crippen LogP contribution in [0.15, 0.2) is 77.8 Å². The van der Waals surface area contributed by atoms with Crippen molar-refractivity contribution in [1.29, 1.82) is 0 Å². The number of aliphatic imine (C=N–C) groups is 1. The van der Waals surface area contributed by atoms with E-state index in [0.717, 1.165) is 16.8 Å². The van der Waals surface area contributed by atoms with Gasteiger partial charge >= 0.3 is 5.69 Å². The van der Waals surface area contributed by atoms with E-state index in [9.17, 15) is 15.2 Å². The number of rotatable bonds is 4. The third kappa shape index (κ3) is 3.47. The topological polar surface area (TPSA) is 75.7 Å². The SMILES string of the molecule is O=[N+]([O-])c1cc(C=Nc2ccc(-c3ccccc3)cc2)ccc1O. The molecule has 3 aromatic rings. The fraction of sp³-hybridized carbons (Fsp3) is 0. The first kappa shape index (κ1) is 15.4. The molecule has 0 bridgehead atoms. The Bertz CT molecular complexity index is 888. The molecule has 0 atom stereocenters. The molecule has 5 heteroatoms. The molecule has 24 heavy (non-hydrogen) atoms. The van der Waals surface area contributed by atoms with Gasteiger partial charge in [-0.25, -0.2) is 0 Å². The van der Waals surface area contributed by atoms with E-state index in [1.807, 2.05) is 54.6 Å². The summed E-state index contributed by atoms with van der Waals surface area (Å²) in [5.41, 5.74) is 3.17. The van der Waals surface area contributed by atoms with Crippen molar-refractivity contribution in [3.05, 3.63) is 88.5 Å². The van der Waals surface area contributed by atoms with Gasteiger partial charge in [-0.2, -0.15) is 0 Å². The summed E-state index contributed by atoms with van der Waals surface area (Å²) >= 11 is 0. The van der Waals surface area contributed by atoms with Crippen molar-refractivity contribution in [3.8, 4) is 16.9 Å². The molecular weight excluding hydrogens is 304 g/mol. The van der Waals surface area contributed by atoms with Crippen molar-refractivity contribution in [2.45, 2.75) is 0 Å². The molecule has 3 aromatic carbocycles. The normalized spacial score (nSPS) is 10.8. The smallest absolute Gasteiger partial charge is 0.311 e. The quantitative estimate of drug-likeness (QED) is 0.429. The summed E-state index contributed by atoms with van der Waals surface area (Å²) < 4.78 is 0. The molecule has 3 rings (SSSR count).